The monoisotopic (exact) mass is 918 g/mol. The second-order valence-corrected chi connectivity index (χ2v) is 15.8. The number of nitrogens with one attached hydrogen (secondary N) is 2. The van der Waals surface area contributed by atoms with E-state index in [0.29, 0.717) is 0 Å². The lowest BCUT2D eigenvalue weighted by Gasteiger charge is -2.07. The first-order valence-corrected chi connectivity index (χ1v) is 20.2. The first-order chi connectivity index (χ1) is 29.3. The molecule has 0 fully saturated rings. The Bertz CT molecular complexity index is 3280. The van der Waals surface area contributed by atoms with E-state index in [1.165, 1.54) is 0 Å². The van der Waals surface area contributed by atoms with Crippen LogP contribution in [0.3, 0.4) is 0 Å². The number of benzene rings is 2. The molecule has 2 aliphatic heterocycles. The van der Waals surface area contributed by atoms with Crippen molar-refractivity contribution >= 4 is 68.2 Å². The maximum Gasteiger partial charge on any atom is 0.212 e. The van der Waals surface area contributed by atoms with E-state index >= 15 is 0 Å². The number of aromatic nitrogens is 8. The number of hydrogen-bond donors (Lipinski definition) is 2. The second-order valence-electron chi connectivity index (χ2n) is 15.8. The average molecular weight is 921 g/mol. The molecule has 12 heteroatoms. The normalized spacial score (nSPS) is 11.4. The Balaban J connectivity index is 0.00000153. The van der Waals surface area contributed by atoms with Gasteiger partial charge in [0.1, 0.15) is 28.2 Å². The van der Waals surface area contributed by atoms with E-state index in [1.54, 1.807) is 0 Å². The molecule has 0 unspecified atom stereocenters. The van der Waals surface area contributed by atoms with Gasteiger partial charge in [-0.3, -0.25) is 0 Å². The maximum absolute atomic E-state index is 5.52. The van der Waals surface area contributed by atoms with Crippen molar-refractivity contribution in [1.82, 2.24) is 19.9 Å². The van der Waals surface area contributed by atoms with Crippen molar-refractivity contribution in [3.8, 4) is 44.5 Å². The third kappa shape index (κ3) is 7.95. The summed E-state index contributed by atoms with van der Waals surface area (Å²) in [5, 5.41) is 2.31. The van der Waals surface area contributed by atoms with Crippen LogP contribution in [0.4, 0.5) is 0 Å². The zero-order valence-corrected chi connectivity index (χ0v) is 38.4. The first-order valence-electron chi connectivity index (χ1n) is 20.2. The van der Waals surface area contributed by atoms with Crippen LogP contribution in [0.1, 0.15) is 22.8 Å². The summed E-state index contributed by atoms with van der Waals surface area (Å²) >= 11 is 0. The van der Waals surface area contributed by atoms with Gasteiger partial charge in [0.25, 0.3) is 0 Å². The Morgan fingerprint density at radius 1 is 0.375 bits per heavy atom. The second kappa shape index (κ2) is 18.2. The molecule has 8 bridgehead atoms. The predicted octanol–water partition coefficient (Wildman–Crippen LogP) is -3.06. The van der Waals surface area contributed by atoms with E-state index in [4.69, 9.17) is 9.97 Å². The van der Waals surface area contributed by atoms with Crippen LogP contribution in [0.25, 0.3) is 113 Å². The smallest absolute Gasteiger partial charge is 0.212 e. The molecule has 0 aliphatic carbocycles. The van der Waals surface area contributed by atoms with Gasteiger partial charge in [0.2, 0.25) is 11.0 Å². The fraction of sp³-hybridized carbons (Fsp3) is 0.0769. The lowest BCUT2D eigenvalue weighted by atomic mass is 10.0. The van der Waals surface area contributed by atoms with Gasteiger partial charge < -0.3 is 59.6 Å². The molecule has 9 heterocycles. The van der Waals surface area contributed by atoms with Crippen molar-refractivity contribution in [2.24, 2.45) is 28.2 Å². The Labute approximate surface area is 395 Å². The van der Waals surface area contributed by atoms with Crippen molar-refractivity contribution in [3.05, 3.63) is 169 Å². The van der Waals surface area contributed by atoms with Crippen molar-refractivity contribution in [2.45, 2.75) is 0 Å². The average Bonchev–Trinajstić information content (AvgIpc) is 4.09. The first kappa shape index (κ1) is 45.3. The largest absolute Gasteiger partial charge is 1.00 e. The molecule has 0 saturated heterocycles. The minimum Gasteiger partial charge on any atom is -1.00 e. The highest BCUT2D eigenvalue weighted by Gasteiger charge is 2.22. The number of pyridine rings is 4. The summed E-state index contributed by atoms with van der Waals surface area (Å²) in [6.07, 6.45) is 21.5. The van der Waals surface area contributed by atoms with Gasteiger partial charge in [0, 0.05) is 90.5 Å². The van der Waals surface area contributed by atoms with E-state index < -0.39 is 0 Å². The zero-order chi connectivity index (χ0) is 40.5. The molecule has 0 atom stereocenters. The van der Waals surface area contributed by atoms with Gasteiger partial charge >= 0.3 is 0 Å². The van der Waals surface area contributed by atoms with Crippen LogP contribution < -0.4 is 67.9 Å². The third-order valence-electron chi connectivity index (χ3n) is 11.7. The van der Waals surface area contributed by atoms with Crippen LogP contribution in [0.2, 0.25) is 0 Å². The van der Waals surface area contributed by atoms with Crippen LogP contribution in [-0.4, -0.2) is 19.9 Å². The Hall–Kier alpha value is -6.68. The summed E-state index contributed by atoms with van der Waals surface area (Å²) in [6.45, 7) is 0. The Morgan fingerprint density at radius 3 is 1.08 bits per heavy atom. The lowest BCUT2D eigenvalue weighted by molar-refractivity contribution is -0.671. The number of hydrogen-bond acceptors (Lipinski definition) is 2. The van der Waals surface area contributed by atoms with Crippen LogP contribution in [-0.2, 0) is 28.2 Å². The number of rotatable bonds is 4. The fourth-order valence-electron chi connectivity index (χ4n) is 8.99. The van der Waals surface area contributed by atoms with E-state index in [9.17, 15) is 0 Å². The van der Waals surface area contributed by atoms with E-state index in [-0.39, 0.29) is 49.6 Å². The lowest BCUT2D eigenvalue weighted by Crippen LogP contribution is -3.00. The highest BCUT2D eigenvalue weighted by molar-refractivity contribution is 6.00. The SMILES string of the molecule is C[n+]1cccc(-c2c3nc(c(-c4cc5ccccc5[n+](C)c4)c4ccc([nH]4)c(-c4ccc[n+](C)c4)c4nc(c(-c5cc6ccccc6[n+](C)c5)c5ccc2[nH]5)C=C4)C=C3)c1.[Cl-].[Cl-].[Cl-].[Cl-]. The number of fused-ring (bicyclic) bond motifs is 10. The quantitative estimate of drug-likeness (QED) is 0.185. The van der Waals surface area contributed by atoms with Gasteiger partial charge in [0.15, 0.2) is 37.2 Å². The molecule has 9 aromatic rings. The number of halogens is 4. The van der Waals surface area contributed by atoms with Crippen molar-refractivity contribution < 1.29 is 67.9 Å². The van der Waals surface area contributed by atoms with Crippen LogP contribution >= 0.6 is 0 Å². The van der Waals surface area contributed by atoms with Gasteiger partial charge in [-0.25, -0.2) is 28.2 Å². The molecule has 64 heavy (non-hydrogen) atoms. The predicted molar refractivity (Wildman–Crippen MR) is 240 cm³/mol. The molecule has 2 aromatic carbocycles. The fourth-order valence-corrected chi connectivity index (χ4v) is 8.99. The molecule has 8 nitrogen and oxygen atoms in total. The summed E-state index contributed by atoms with van der Waals surface area (Å²) < 4.78 is 8.58. The van der Waals surface area contributed by atoms with Gasteiger partial charge in [-0.1, -0.05) is 24.3 Å². The van der Waals surface area contributed by atoms with Crippen molar-refractivity contribution in [3.63, 3.8) is 0 Å². The number of aromatic amines is 2. The molecule has 318 valence electrons. The van der Waals surface area contributed by atoms with E-state index in [2.05, 4.69) is 227 Å². The number of nitrogens with zero attached hydrogens (tertiary/aromatic N) is 6. The summed E-state index contributed by atoms with van der Waals surface area (Å²) in [4.78, 5) is 18.8. The highest BCUT2D eigenvalue weighted by Crippen LogP contribution is 2.38. The molecule has 0 radical (unpaired) electrons. The van der Waals surface area contributed by atoms with Crippen molar-refractivity contribution in [1.29, 1.82) is 0 Å². The van der Waals surface area contributed by atoms with Gasteiger partial charge in [-0.05, 0) is 85.0 Å². The Morgan fingerprint density at radius 2 is 0.719 bits per heavy atom. The minimum absolute atomic E-state index is 0. The van der Waals surface area contributed by atoms with Crippen LogP contribution in [0.5, 0.6) is 0 Å². The highest BCUT2D eigenvalue weighted by atomic mass is 35.5. The summed E-state index contributed by atoms with van der Waals surface area (Å²) in [7, 11) is 8.34. The minimum atomic E-state index is 0. The zero-order valence-electron chi connectivity index (χ0n) is 35.4. The summed E-state index contributed by atoms with van der Waals surface area (Å²) in [5.74, 6) is 0. The molecule has 7 aromatic heterocycles. The molecule has 2 N–H and O–H groups in total. The number of para-hydroxylation sites is 2. The van der Waals surface area contributed by atoms with Gasteiger partial charge in [-0.2, -0.15) is 0 Å². The van der Waals surface area contributed by atoms with Gasteiger partial charge in [0.05, 0.1) is 33.9 Å². The molecule has 0 amide bonds. The summed E-state index contributed by atoms with van der Waals surface area (Å²) in [5.41, 5.74) is 18.0. The molecule has 0 saturated carbocycles. The summed E-state index contributed by atoms with van der Waals surface area (Å²) in [6, 6.07) is 38.8. The molecular formula is C52H42Cl4N8. The van der Waals surface area contributed by atoms with E-state index in [0.717, 1.165) is 111 Å². The topological polar surface area (TPSA) is 72.9 Å². The number of aryl methyl sites for hydroxylation is 4. The standard InChI is InChI=1S/C52H42N8.4ClH/c1-57-25-9-13-35(29-57)49-39-17-21-43(53-39)51(37-27-33-11-5-7-15-47(33)59(3)31-37)45-23-19-41(55-45)50(36-14-10-26-58(2)30-36)42-20-24-46(56-42)52(44-22-18-40(49)54-44)38-28-34-12-6-8-16-48(34)60(4)32-38;;;;/h5-32,53,56H,1-4H3;4*1H/q+4;;;;/p-4. The molecule has 11 rings (SSSR count). The van der Waals surface area contributed by atoms with Crippen molar-refractivity contribution in [2.75, 3.05) is 0 Å². The Kier molecular flexibility index (Phi) is 12.9. The molecular weight excluding hydrogens is 878 g/mol. The molecule has 0 spiro atoms. The number of H-pyrrole nitrogens is 2. The molecule has 2 aliphatic rings. The van der Waals surface area contributed by atoms with E-state index in [1.807, 2.05) is 0 Å². The third-order valence-corrected chi connectivity index (χ3v) is 11.7. The van der Waals surface area contributed by atoms with Gasteiger partial charge in [-0.15, -0.1) is 0 Å². The van der Waals surface area contributed by atoms with Crippen LogP contribution in [0, 0.1) is 0 Å². The van der Waals surface area contributed by atoms with Crippen LogP contribution in [0.15, 0.2) is 146 Å². The maximum atomic E-state index is 5.52.